The van der Waals surface area contributed by atoms with E-state index in [4.69, 9.17) is 0 Å². The van der Waals surface area contributed by atoms with Crippen LogP contribution in [0.25, 0.3) is 0 Å². The Bertz CT molecular complexity index is 1320. The molecule has 0 radical (unpaired) electrons. The second-order valence-corrected chi connectivity index (χ2v) is 11.1. The third-order valence-corrected chi connectivity index (χ3v) is 9.08. The summed E-state index contributed by atoms with van der Waals surface area (Å²) in [5.74, 6) is 0.467. The molecule has 2 heterocycles. The Balaban J connectivity index is 0.00000387. The summed E-state index contributed by atoms with van der Waals surface area (Å²) in [6.07, 6.45) is 2.42. The Morgan fingerprint density at radius 2 is 1.63 bits per heavy atom. The van der Waals surface area contributed by atoms with Gasteiger partial charge in [0.15, 0.2) is 0 Å². The molecule has 3 aromatic carbocycles. The Labute approximate surface area is 249 Å². The molecule has 2 amide bonds. The van der Waals surface area contributed by atoms with Crippen molar-refractivity contribution >= 4 is 29.9 Å². The van der Waals surface area contributed by atoms with Crippen LogP contribution in [-0.4, -0.2) is 66.8 Å². The molecule has 1 spiro atoms. The number of carbonyl (C=O) groups is 2. The molecule has 0 aliphatic carbocycles. The number of carbonyl (C=O) groups excluding carboxylic acids is 2. The molecule has 3 aromatic rings. The first-order valence-electron chi connectivity index (χ1n) is 14.5. The van der Waals surface area contributed by atoms with Gasteiger partial charge in [-0.2, -0.15) is 0 Å². The van der Waals surface area contributed by atoms with Crippen LogP contribution in [-0.2, 0) is 4.79 Å². The van der Waals surface area contributed by atoms with Gasteiger partial charge >= 0.3 is 0 Å². The van der Waals surface area contributed by atoms with Crippen molar-refractivity contribution < 1.29 is 14.7 Å². The Hall–Kier alpha value is -3.39. The van der Waals surface area contributed by atoms with Gasteiger partial charge < -0.3 is 15.3 Å². The van der Waals surface area contributed by atoms with Crippen LogP contribution in [0.2, 0.25) is 0 Å². The van der Waals surface area contributed by atoms with Crippen LogP contribution >= 0.6 is 12.4 Å². The summed E-state index contributed by atoms with van der Waals surface area (Å²) >= 11 is 0. The summed E-state index contributed by atoms with van der Waals surface area (Å²) in [4.78, 5) is 27.4. The highest BCUT2D eigenvalue weighted by molar-refractivity contribution is 5.94. The van der Waals surface area contributed by atoms with Gasteiger partial charge in [0.25, 0.3) is 5.91 Å². The van der Waals surface area contributed by atoms with Crippen molar-refractivity contribution in [1.82, 2.24) is 20.0 Å². The summed E-state index contributed by atoms with van der Waals surface area (Å²) in [7, 11) is 0. The number of rotatable bonds is 9. The summed E-state index contributed by atoms with van der Waals surface area (Å²) < 4.78 is 0.811. The number of quaternary nitrogens is 1. The maximum atomic E-state index is 12.9. The van der Waals surface area contributed by atoms with E-state index in [9.17, 15) is 14.7 Å². The van der Waals surface area contributed by atoms with Gasteiger partial charge in [0.05, 0.1) is 26.3 Å². The molecule has 0 saturated carbocycles. The van der Waals surface area contributed by atoms with Crippen molar-refractivity contribution in [3.63, 3.8) is 0 Å². The fourth-order valence-electron chi connectivity index (χ4n) is 6.54. The molecule has 2 saturated heterocycles. The van der Waals surface area contributed by atoms with E-state index in [0.29, 0.717) is 25.3 Å². The largest absolute Gasteiger partial charge is 0.508 e. The summed E-state index contributed by atoms with van der Waals surface area (Å²) in [6, 6.07) is 26.2. The van der Waals surface area contributed by atoms with Gasteiger partial charge in [-0.1, -0.05) is 42.5 Å². The first-order valence-corrected chi connectivity index (χ1v) is 14.5. The van der Waals surface area contributed by atoms with E-state index in [1.165, 1.54) is 5.69 Å². The smallest absolute Gasteiger partial charge is 0.253 e. The van der Waals surface area contributed by atoms with Gasteiger partial charge in [0, 0.05) is 43.8 Å². The molecular formula is C33H42ClN4O3+. The van der Waals surface area contributed by atoms with E-state index < -0.39 is 5.54 Å². The second kappa shape index (κ2) is 13.1. The minimum atomic E-state index is -0.464. The van der Waals surface area contributed by atoms with Crippen LogP contribution in [0.3, 0.4) is 0 Å². The number of hydrogen-bond acceptors (Lipinski definition) is 4. The molecule has 2 fully saturated rings. The number of nitrogens with zero attached hydrogens (tertiary/aromatic N) is 2. The minimum absolute atomic E-state index is 0. The van der Waals surface area contributed by atoms with Crippen LogP contribution in [0, 0.1) is 0 Å². The van der Waals surface area contributed by atoms with Crippen LogP contribution in [0.4, 0.5) is 5.69 Å². The van der Waals surface area contributed by atoms with E-state index in [2.05, 4.69) is 53.1 Å². The lowest BCUT2D eigenvalue weighted by atomic mass is 9.84. The molecule has 0 bridgehead atoms. The third kappa shape index (κ3) is 6.27. The van der Waals surface area contributed by atoms with Gasteiger partial charge in [0.1, 0.15) is 17.0 Å². The average Bonchev–Trinajstić information content (AvgIpc) is 3.35. The summed E-state index contributed by atoms with van der Waals surface area (Å²) in [5.41, 5.74) is 3.68. The molecule has 41 heavy (non-hydrogen) atoms. The predicted octanol–water partition coefficient (Wildman–Crippen LogP) is 5.04. The SMILES string of the molecule is CCN(CC)C(=O)c1ccc(C(CC[N+]2(c3ccccc3)CCC3(CC2)NCNC3=O)c2cccc(O)c2)cc1.Cl. The molecule has 218 valence electrons. The summed E-state index contributed by atoms with van der Waals surface area (Å²) in [5, 5.41) is 16.7. The van der Waals surface area contributed by atoms with Gasteiger partial charge in [-0.15, -0.1) is 12.4 Å². The topological polar surface area (TPSA) is 81.7 Å². The number of benzene rings is 3. The van der Waals surface area contributed by atoms with Crippen molar-refractivity contribution in [2.24, 2.45) is 0 Å². The highest BCUT2D eigenvalue weighted by Gasteiger charge is 2.50. The van der Waals surface area contributed by atoms with Gasteiger partial charge in [-0.3, -0.25) is 19.4 Å². The molecule has 2 aliphatic rings. The number of halogens is 1. The zero-order chi connectivity index (χ0) is 28.2. The standard InChI is InChI=1S/C33H40N4O3.ClH/c1-3-36(4-2)31(39)26-15-13-25(14-16-26)30(27-9-8-12-29(38)23-27)17-20-37(28-10-6-5-7-11-28)21-18-33(19-22-37)32(40)34-24-35-33;/h5-16,23,30,35H,3-4,17-22,24H2,1-2H3,(H-,34,38,40);1H/p+1. The molecule has 3 N–H and O–H groups in total. The van der Waals surface area contributed by atoms with Crippen molar-refractivity contribution in [3.05, 3.63) is 95.6 Å². The number of hydrogen-bond donors (Lipinski definition) is 3. The lowest BCUT2D eigenvalue weighted by Crippen LogP contribution is -2.63. The average molecular weight is 578 g/mol. The highest BCUT2D eigenvalue weighted by Crippen LogP contribution is 2.37. The van der Waals surface area contributed by atoms with E-state index >= 15 is 0 Å². The molecule has 1 unspecified atom stereocenters. The van der Waals surface area contributed by atoms with E-state index in [0.717, 1.165) is 54.5 Å². The fraction of sp³-hybridized carbons (Fsp3) is 0.394. The monoisotopic (exact) mass is 577 g/mol. The van der Waals surface area contributed by atoms with E-state index in [1.807, 2.05) is 49.1 Å². The summed E-state index contributed by atoms with van der Waals surface area (Å²) in [6.45, 7) is 8.52. The normalized spacial score (nSPS) is 22.5. The van der Waals surface area contributed by atoms with Crippen molar-refractivity contribution in [1.29, 1.82) is 0 Å². The molecular weight excluding hydrogens is 536 g/mol. The quantitative estimate of drug-likeness (QED) is 0.311. The number of nitrogens with one attached hydrogen (secondary N) is 2. The third-order valence-electron chi connectivity index (χ3n) is 9.08. The maximum absolute atomic E-state index is 12.9. The number of phenolic OH excluding ortho intramolecular Hbond substituents is 1. The van der Waals surface area contributed by atoms with Crippen LogP contribution in [0.15, 0.2) is 78.9 Å². The van der Waals surface area contributed by atoms with Crippen molar-refractivity contribution in [2.45, 2.75) is 44.6 Å². The van der Waals surface area contributed by atoms with Gasteiger partial charge in [-0.05, 0) is 61.4 Å². The second-order valence-electron chi connectivity index (χ2n) is 11.1. The van der Waals surface area contributed by atoms with Crippen molar-refractivity contribution in [3.8, 4) is 5.75 Å². The number of phenols is 1. The van der Waals surface area contributed by atoms with Crippen molar-refractivity contribution in [2.75, 3.05) is 39.4 Å². The van der Waals surface area contributed by atoms with Gasteiger partial charge in [-0.25, -0.2) is 0 Å². The zero-order valence-electron chi connectivity index (χ0n) is 24.0. The Morgan fingerprint density at radius 1 is 0.951 bits per heavy atom. The Morgan fingerprint density at radius 3 is 2.22 bits per heavy atom. The molecule has 5 rings (SSSR count). The van der Waals surface area contributed by atoms with Gasteiger partial charge in [0.2, 0.25) is 5.91 Å². The lowest BCUT2D eigenvalue weighted by molar-refractivity contribution is -0.125. The molecule has 7 nitrogen and oxygen atoms in total. The van der Waals surface area contributed by atoms with Crippen LogP contribution in [0.1, 0.15) is 60.5 Å². The van der Waals surface area contributed by atoms with Crippen LogP contribution in [0.5, 0.6) is 5.75 Å². The van der Waals surface area contributed by atoms with Crippen LogP contribution < -0.4 is 15.1 Å². The molecule has 1 atom stereocenters. The molecule has 2 aliphatic heterocycles. The maximum Gasteiger partial charge on any atom is 0.253 e. The Kier molecular flexibility index (Phi) is 9.74. The first-order chi connectivity index (χ1) is 19.4. The number of aromatic hydroxyl groups is 1. The number of para-hydroxylation sites is 1. The number of piperidine rings is 1. The fourth-order valence-corrected chi connectivity index (χ4v) is 6.54. The highest BCUT2D eigenvalue weighted by atomic mass is 35.5. The number of likely N-dealkylation sites (tertiary alicyclic amines) is 1. The zero-order valence-corrected chi connectivity index (χ0v) is 24.8. The minimum Gasteiger partial charge on any atom is -0.508 e. The van der Waals surface area contributed by atoms with E-state index in [1.54, 1.807) is 6.07 Å². The molecule has 8 heteroatoms. The predicted molar refractivity (Wildman–Crippen MR) is 166 cm³/mol. The molecule has 0 aromatic heterocycles. The van der Waals surface area contributed by atoms with E-state index in [-0.39, 0.29) is 35.9 Å². The lowest BCUT2D eigenvalue weighted by Gasteiger charge is -2.46. The number of amides is 2. The first kappa shape index (κ1) is 30.6.